The molecule has 0 aliphatic heterocycles. The van der Waals surface area contributed by atoms with Gasteiger partial charge in [0.1, 0.15) is 0 Å². The number of rotatable bonds is 0. The Labute approximate surface area is 105 Å². The Morgan fingerprint density at radius 3 is 2.75 bits per heavy atom. The number of hydrogen-bond donors (Lipinski definition) is 0. The van der Waals surface area contributed by atoms with Crippen molar-refractivity contribution >= 4 is 26.7 Å². The molecule has 1 aliphatic rings. The average Bonchev–Trinajstić information content (AvgIpc) is 2.33. The van der Waals surface area contributed by atoms with Gasteiger partial charge in [0, 0.05) is 4.83 Å². The van der Waals surface area contributed by atoms with E-state index in [1.165, 1.54) is 29.2 Å². The van der Waals surface area contributed by atoms with Crippen molar-refractivity contribution in [2.75, 3.05) is 0 Å². The maximum absolute atomic E-state index is 3.80. The van der Waals surface area contributed by atoms with E-state index in [2.05, 4.69) is 59.3 Å². The van der Waals surface area contributed by atoms with Crippen molar-refractivity contribution in [2.24, 2.45) is 0 Å². The fourth-order valence-electron chi connectivity index (χ4n) is 2.83. The molecule has 0 fully saturated rings. The Morgan fingerprint density at radius 2 is 1.88 bits per heavy atom. The third-order valence-corrected chi connectivity index (χ3v) is 4.64. The Balaban J connectivity index is 2.35. The van der Waals surface area contributed by atoms with Crippen molar-refractivity contribution in [3.8, 4) is 0 Å². The number of halogens is 1. The van der Waals surface area contributed by atoms with Crippen LogP contribution in [0.3, 0.4) is 0 Å². The van der Waals surface area contributed by atoms with Crippen molar-refractivity contribution < 1.29 is 0 Å². The number of fused-ring (bicyclic) bond motifs is 3. The molecule has 0 saturated heterocycles. The first-order valence-corrected chi connectivity index (χ1v) is 6.84. The van der Waals surface area contributed by atoms with Gasteiger partial charge in [0.2, 0.25) is 0 Å². The molecule has 3 rings (SSSR count). The van der Waals surface area contributed by atoms with Crippen molar-refractivity contribution in [1.82, 2.24) is 0 Å². The predicted octanol–water partition coefficient (Wildman–Crippen LogP) is 5.17. The van der Waals surface area contributed by atoms with Gasteiger partial charge < -0.3 is 0 Å². The van der Waals surface area contributed by atoms with E-state index in [0.717, 1.165) is 0 Å². The molecule has 0 heterocycles. The zero-order valence-corrected chi connectivity index (χ0v) is 11.0. The third kappa shape index (κ3) is 1.49. The van der Waals surface area contributed by atoms with Gasteiger partial charge in [-0.15, -0.1) is 0 Å². The van der Waals surface area contributed by atoms with Gasteiger partial charge in [-0.05, 0) is 40.7 Å². The largest absolute Gasteiger partial charge is 0.0839 e. The predicted molar refractivity (Wildman–Crippen MR) is 73.3 cm³/mol. The summed E-state index contributed by atoms with van der Waals surface area (Å²) in [7, 11) is 0. The second-order valence-electron chi connectivity index (χ2n) is 4.74. The van der Waals surface area contributed by atoms with E-state index in [1.54, 1.807) is 5.56 Å². The molecular weight excluding hydrogens is 260 g/mol. The lowest BCUT2D eigenvalue weighted by molar-refractivity contribution is 0.592. The lowest BCUT2D eigenvalue weighted by atomic mass is 9.81. The molecular formula is C15H15Br. The van der Waals surface area contributed by atoms with E-state index >= 15 is 0 Å². The standard InChI is InChI=1S/C15H15Br/c1-10-6-9-14(16)13-8-7-11-4-2-3-5-12(11)15(10)13/h2-5,7-8,10,14H,6,9H2,1H3. The normalized spacial score (nSPS) is 24.4. The highest BCUT2D eigenvalue weighted by atomic mass is 79.9. The van der Waals surface area contributed by atoms with Gasteiger partial charge in [-0.3, -0.25) is 0 Å². The van der Waals surface area contributed by atoms with Crippen LogP contribution in [-0.4, -0.2) is 0 Å². The summed E-state index contributed by atoms with van der Waals surface area (Å²) >= 11 is 3.80. The lowest BCUT2D eigenvalue weighted by Gasteiger charge is -2.27. The van der Waals surface area contributed by atoms with Crippen LogP contribution >= 0.6 is 15.9 Å². The minimum absolute atomic E-state index is 0.545. The molecule has 1 heteroatoms. The van der Waals surface area contributed by atoms with E-state index in [4.69, 9.17) is 0 Å². The monoisotopic (exact) mass is 274 g/mol. The maximum atomic E-state index is 3.80. The van der Waals surface area contributed by atoms with Crippen LogP contribution in [0, 0.1) is 0 Å². The molecule has 2 aromatic rings. The van der Waals surface area contributed by atoms with Gasteiger partial charge in [-0.25, -0.2) is 0 Å². The Kier molecular flexibility index (Phi) is 2.51. The van der Waals surface area contributed by atoms with Gasteiger partial charge in [0.25, 0.3) is 0 Å². The van der Waals surface area contributed by atoms with Crippen LogP contribution in [0.25, 0.3) is 10.8 Å². The highest BCUT2D eigenvalue weighted by Gasteiger charge is 2.24. The molecule has 0 amide bonds. The molecule has 0 bridgehead atoms. The minimum Gasteiger partial charge on any atom is -0.0839 e. The number of hydrogen-bond acceptors (Lipinski definition) is 0. The first kappa shape index (κ1) is 10.3. The van der Waals surface area contributed by atoms with E-state index in [9.17, 15) is 0 Å². The zero-order valence-electron chi connectivity index (χ0n) is 9.41. The van der Waals surface area contributed by atoms with Crippen LogP contribution in [0.2, 0.25) is 0 Å². The fraction of sp³-hybridized carbons (Fsp3) is 0.333. The van der Waals surface area contributed by atoms with Crippen molar-refractivity contribution in [3.63, 3.8) is 0 Å². The lowest BCUT2D eigenvalue weighted by Crippen LogP contribution is -2.09. The van der Waals surface area contributed by atoms with Gasteiger partial charge in [-0.1, -0.05) is 59.3 Å². The topological polar surface area (TPSA) is 0 Å². The fourth-order valence-corrected chi connectivity index (χ4v) is 3.50. The summed E-state index contributed by atoms with van der Waals surface area (Å²) in [6.45, 7) is 2.35. The summed E-state index contributed by atoms with van der Waals surface area (Å²) in [4.78, 5) is 0.545. The summed E-state index contributed by atoms with van der Waals surface area (Å²) in [6.07, 6.45) is 2.55. The van der Waals surface area contributed by atoms with Crippen molar-refractivity contribution in [2.45, 2.75) is 30.5 Å². The molecule has 0 aromatic heterocycles. The van der Waals surface area contributed by atoms with Gasteiger partial charge in [-0.2, -0.15) is 0 Å². The molecule has 82 valence electrons. The van der Waals surface area contributed by atoms with Gasteiger partial charge in [0.15, 0.2) is 0 Å². The molecule has 1 aliphatic carbocycles. The first-order valence-electron chi connectivity index (χ1n) is 5.93. The van der Waals surface area contributed by atoms with E-state index in [0.29, 0.717) is 10.7 Å². The van der Waals surface area contributed by atoms with Crippen molar-refractivity contribution in [1.29, 1.82) is 0 Å². The summed E-state index contributed by atoms with van der Waals surface area (Å²) in [6, 6.07) is 13.3. The van der Waals surface area contributed by atoms with E-state index < -0.39 is 0 Å². The molecule has 0 spiro atoms. The summed E-state index contributed by atoms with van der Waals surface area (Å²) < 4.78 is 0. The summed E-state index contributed by atoms with van der Waals surface area (Å²) in [5, 5.41) is 2.81. The van der Waals surface area contributed by atoms with Crippen LogP contribution < -0.4 is 0 Å². The van der Waals surface area contributed by atoms with Crippen LogP contribution in [0.5, 0.6) is 0 Å². The van der Waals surface area contributed by atoms with Gasteiger partial charge in [0.05, 0.1) is 0 Å². The van der Waals surface area contributed by atoms with Crippen LogP contribution in [0.15, 0.2) is 36.4 Å². The average molecular weight is 275 g/mol. The van der Waals surface area contributed by atoms with Crippen LogP contribution in [0.1, 0.15) is 41.6 Å². The number of alkyl halides is 1. The van der Waals surface area contributed by atoms with E-state index in [1.807, 2.05) is 0 Å². The third-order valence-electron chi connectivity index (χ3n) is 3.69. The summed E-state index contributed by atoms with van der Waals surface area (Å²) in [5.41, 5.74) is 3.06. The maximum Gasteiger partial charge on any atom is 0.0398 e. The van der Waals surface area contributed by atoms with Crippen LogP contribution in [0.4, 0.5) is 0 Å². The molecule has 2 unspecified atom stereocenters. The Morgan fingerprint density at radius 1 is 1.06 bits per heavy atom. The molecule has 0 radical (unpaired) electrons. The van der Waals surface area contributed by atoms with E-state index in [-0.39, 0.29) is 0 Å². The molecule has 0 saturated carbocycles. The smallest absolute Gasteiger partial charge is 0.0398 e. The number of benzene rings is 2. The molecule has 0 nitrogen and oxygen atoms in total. The highest BCUT2D eigenvalue weighted by molar-refractivity contribution is 9.09. The quantitative estimate of drug-likeness (QED) is 0.581. The zero-order chi connectivity index (χ0) is 11.1. The SMILES string of the molecule is CC1CCC(Br)c2ccc3ccccc3c21. The second-order valence-corrected chi connectivity index (χ2v) is 5.84. The summed E-state index contributed by atoms with van der Waals surface area (Å²) in [5.74, 6) is 0.690. The van der Waals surface area contributed by atoms with Gasteiger partial charge >= 0.3 is 0 Å². The molecule has 2 atom stereocenters. The first-order chi connectivity index (χ1) is 7.77. The minimum atomic E-state index is 0.545. The van der Waals surface area contributed by atoms with Crippen LogP contribution in [-0.2, 0) is 0 Å². The Hall–Kier alpha value is -0.820. The molecule has 16 heavy (non-hydrogen) atoms. The Bertz CT molecular complexity index is 530. The second kappa shape index (κ2) is 3.89. The molecule has 2 aromatic carbocycles. The van der Waals surface area contributed by atoms with Crippen molar-refractivity contribution in [3.05, 3.63) is 47.5 Å². The highest BCUT2D eigenvalue weighted by Crippen LogP contribution is 2.44. The molecule has 0 N–H and O–H groups in total.